The van der Waals surface area contributed by atoms with Crippen LogP contribution in [-0.2, 0) is 27.4 Å². The number of amides is 1. The van der Waals surface area contributed by atoms with Crippen molar-refractivity contribution in [1.29, 1.82) is 0 Å². The van der Waals surface area contributed by atoms with Gasteiger partial charge in [-0.25, -0.2) is 17.5 Å². The largest absolute Gasteiger partial charge is 0.416 e. The molecule has 0 saturated heterocycles. The van der Waals surface area contributed by atoms with Crippen molar-refractivity contribution in [2.45, 2.75) is 35.7 Å². The molecule has 1 heterocycles. The fraction of sp³-hybridized carbons (Fsp3) is 0.273. The average Bonchev–Trinajstić information content (AvgIpc) is 3.11. The van der Waals surface area contributed by atoms with Gasteiger partial charge in [0, 0.05) is 18.3 Å². The fourth-order valence-corrected chi connectivity index (χ4v) is 5.90. The van der Waals surface area contributed by atoms with Crippen LogP contribution in [0.25, 0.3) is 5.69 Å². The molecule has 3 aromatic rings. The van der Waals surface area contributed by atoms with Crippen molar-refractivity contribution in [3.8, 4) is 5.69 Å². The van der Waals surface area contributed by atoms with Gasteiger partial charge in [0.25, 0.3) is 0 Å². The lowest BCUT2D eigenvalue weighted by Gasteiger charge is -2.34. The predicted molar refractivity (Wildman–Crippen MR) is 116 cm³/mol. The van der Waals surface area contributed by atoms with Crippen molar-refractivity contribution in [1.82, 2.24) is 15.1 Å². The maximum atomic E-state index is 13.1. The predicted octanol–water partition coefficient (Wildman–Crippen LogP) is 4.55. The number of hydrogen-bond donors (Lipinski definition) is 1. The summed E-state index contributed by atoms with van der Waals surface area (Å²) in [5.74, 6) is -1.80. The van der Waals surface area contributed by atoms with Crippen molar-refractivity contribution >= 4 is 27.3 Å². The second-order valence-electron chi connectivity index (χ2n) is 7.87. The van der Waals surface area contributed by atoms with E-state index in [9.17, 15) is 30.8 Å². The minimum atomic E-state index is -4.46. The lowest BCUT2D eigenvalue weighted by molar-refractivity contribution is -0.137. The number of carbonyl (C=O) groups is 1. The molecule has 1 N–H and O–H groups in total. The average molecular weight is 516 g/mol. The number of carbonyl (C=O) groups excluding carboxylic acids is 1. The van der Waals surface area contributed by atoms with Crippen LogP contribution in [0.2, 0.25) is 5.15 Å². The Labute approximate surface area is 197 Å². The first-order chi connectivity index (χ1) is 16.0. The molecule has 180 valence electrons. The van der Waals surface area contributed by atoms with Crippen molar-refractivity contribution in [2.24, 2.45) is 5.92 Å². The molecule has 0 bridgehead atoms. The Morgan fingerprint density at radius 2 is 1.74 bits per heavy atom. The van der Waals surface area contributed by atoms with E-state index in [0.717, 1.165) is 24.3 Å². The summed E-state index contributed by atoms with van der Waals surface area (Å²) in [4.78, 5) is 12.6. The minimum Gasteiger partial charge on any atom is -0.352 e. The zero-order chi connectivity index (χ0) is 24.7. The molecule has 1 saturated carbocycles. The summed E-state index contributed by atoms with van der Waals surface area (Å²) < 4.78 is 78.3. The zero-order valence-electron chi connectivity index (χ0n) is 17.4. The third-order valence-corrected chi connectivity index (χ3v) is 8.35. The first-order valence-corrected chi connectivity index (χ1v) is 12.1. The summed E-state index contributed by atoms with van der Waals surface area (Å²) in [6.07, 6.45) is -2.29. The van der Waals surface area contributed by atoms with Crippen LogP contribution in [0, 0.1) is 11.7 Å². The van der Waals surface area contributed by atoms with Gasteiger partial charge in [-0.3, -0.25) is 4.79 Å². The van der Waals surface area contributed by atoms with Crippen LogP contribution in [0.1, 0.15) is 24.0 Å². The van der Waals surface area contributed by atoms with Crippen LogP contribution in [0.3, 0.4) is 0 Å². The van der Waals surface area contributed by atoms with Gasteiger partial charge >= 0.3 is 6.18 Å². The number of alkyl halides is 3. The van der Waals surface area contributed by atoms with E-state index in [-0.39, 0.29) is 16.6 Å². The fourth-order valence-electron chi connectivity index (χ4n) is 3.70. The molecular formula is C22H18ClF4N3O3S. The van der Waals surface area contributed by atoms with Gasteiger partial charge in [-0.1, -0.05) is 11.6 Å². The summed E-state index contributed by atoms with van der Waals surface area (Å²) in [6, 6.07) is 8.78. The molecule has 0 aliphatic heterocycles. The molecular weight excluding hydrogens is 498 g/mol. The van der Waals surface area contributed by atoms with Gasteiger partial charge in [0.05, 0.1) is 27.3 Å². The number of rotatable bonds is 6. The van der Waals surface area contributed by atoms with Crippen LogP contribution >= 0.6 is 11.6 Å². The maximum absolute atomic E-state index is 13.1. The molecule has 1 amide bonds. The van der Waals surface area contributed by atoms with Gasteiger partial charge in [-0.15, -0.1) is 0 Å². The lowest BCUT2D eigenvalue weighted by atomic mass is 9.84. The summed E-state index contributed by atoms with van der Waals surface area (Å²) in [6.45, 7) is -0.0435. The molecule has 4 rings (SSSR count). The highest BCUT2D eigenvalue weighted by Crippen LogP contribution is 2.37. The summed E-state index contributed by atoms with van der Waals surface area (Å²) in [7, 11) is -3.80. The quantitative estimate of drug-likeness (QED) is 0.386. The number of hydrogen-bond acceptors (Lipinski definition) is 4. The van der Waals surface area contributed by atoms with E-state index in [0.29, 0.717) is 24.1 Å². The first kappa shape index (κ1) is 24.2. The maximum Gasteiger partial charge on any atom is 0.416 e. The van der Waals surface area contributed by atoms with Crippen molar-refractivity contribution < 1.29 is 30.8 Å². The van der Waals surface area contributed by atoms with E-state index in [4.69, 9.17) is 11.6 Å². The van der Waals surface area contributed by atoms with Gasteiger partial charge in [0.2, 0.25) is 5.91 Å². The van der Waals surface area contributed by atoms with Gasteiger partial charge in [0.15, 0.2) is 15.0 Å². The number of benzene rings is 2. The molecule has 12 heteroatoms. The lowest BCUT2D eigenvalue weighted by Crippen LogP contribution is -2.47. The Balaban J connectivity index is 1.41. The normalized spacial score (nSPS) is 18.4. The minimum absolute atomic E-state index is 0.0435. The van der Waals surface area contributed by atoms with Crippen LogP contribution in [-0.4, -0.2) is 29.4 Å². The number of nitrogens with one attached hydrogen (secondary N) is 1. The molecule has 1 fully saturated rings. The van der Waals surface area contributed by atoms with Gasteiger partial charge in [-0.05, 0) is 61.4 Å². The van der Waals surface area contributed by atoms with E-state index in [1.165, 1.54) is 35.1 Å². The summed E-state index contributed by atoms with van der Waals surface area (Å²) >= 11 is 6.11. The monoisotopic (exact) mass is 515 g/mol. The van der Waals surface area contributed by atoms with E-state index < -0.39 is 44.5 Å². The third kappa shape index (κ3) is 4.80. The Morgan fingerprint density at radius 3 is 2.29 bits per heavy atom. The highest BCUT2D eigenvalue weighted by molar-refractivity contribution is 7.92. The van der Waals surface area contributed by atoms with Crippen LogP contribution in [0.5, 0.6) is 0 Å². The van der Waals surface area contributed by atoms with Gasteiger partial charge < -0.3 is 5.32 Å². The molecule has 2 atom stereocenters. The molecule has 2 aromatic carbocycles. The smallest absolute Gasteiger partial charge is 0.352 e. The van der Waals surface area contributed by atoms with E-state index in [2.05, 4.69) is 10.4 Å². The standard InChI is InChI=1S/C22H18ClF4N3O3S/c23-20-13(12-30(29-20)16-5-1-14(2-6-16)22(25,26)27)11-28-21(31)18-9-10-19(18)34(32,33)17-7-3-15(24)4-8-17/h1-8,12,18-19H,9-11H2,(H,28,31)/t18-,19+/m1/s1. The van der Waals surface area contributed by atoms with Crippen molar-refractivity contribution in [2.75, 3.05) is 0 Å². The zero-order valence-corrected chi connectivity index (χ0v) is 19.0. The van der Waals surface area contributed by atoms with Crippen molar-refractivity contribution in [3.05, 3.63) is 76.8 Å². The second-order valence-corrected chi connectivity index (χ2v) is 10.4. The topological polar surface area (TPSA) is 81.1 Å². The highest BCUT2D eigenvalue weighted by Gasteiger charge is 2.45. The number of halogens is 5. The number of nitrogens with zero attached hydrogens (tertiary/aromatic N) is 2. The molecule has 34 heavy (non-hydrogen) atoms. The van der Waals surface area contributed by atoms with E-state index >= 15 is 0 Å². The molecule has 1 aliphatic rings. The number of sulfone groups is 1. The highest BCUT2D eigenvalue weighted by atomic mass is 35.5. The van der Waals surface area contributed by atoms with Gasteiger partial charge in [-0.2, -0.15) is 18.3 Å². The molecule has 0 spiro atoms. The van der Waals surface area contributed by atoms with Crippen LogP contribution in [0.15, 0.2) is 59.6 Å². The number of aromatic nitrogens is 2. The van der Waals surface area contributed by atoms with Gasteiger partial charge in [0.1, 0.15) is 5.82 Å². The second kappa shape index (κ2) is 9.03. The Morgan fingerprint density at radius 1 is 1.09 bits per heavy atom. The van der Waals surface area contributed by atoms with E-state index in [1.54, 1.807) is 0 Å². The third-order valence-electron chi connectivity index (χ3n) is 5.74. The Hall–Kier alpha value is -2.92. The summed E-state index contributed by atoms with van der Waals surface area (Å²) in [5.41, 5.74) is -0.0447. The summed E-state index contributed by atoms with van der Waals surface area (Å²) in [5, 5.41) is 5.83. The molecule has 6 nitrogen and oxygen atoms in total. The first-order valence-electron chi connectivity index (χ1n) is 10.2. The molecule has 0 radical (unpaired) electrons. The van der Waals surface area contributed by atoms with E-state index in [1.807, 2.05) is 0 Å². The molecule has 1 aromatic heterocycles. The van der Waals surface area contributed by atoms with Crippen LogP contribution in [0.4, 0.5) is 17.6 Å². The molecule has 0 unspecified atom stereocenters. The SMILES string of the molecule is O=C(NCc1cn(-c2ccc(C(F)(F)F)cc2)nc1Cl)[C@@H]1CC[C@@H]1S(=O)(=O)c1ccc(F)cc1. The van der Waals surface area contributed by atoms with Crippen molar-refractivity contribution in [3.63, 3.8) is 0 Å². The Bertz CT molecular complexity index is 1310. The molecule has 1 aliphatic carbocycles. The Kier molecular flexibility index (Phi) is 6.43. The van der Waals surface area contributed by atoms with Crippen LogP contribution < -0.4 is 5.32 Å².